The summed E-state index contributed by atoms with van der Waals surface area (Å²) in [7, 11) is -6.43. The molecule has 4 saturated carbocycles. The van der Waals surface area contributed by atoms with E-state index in [1.165, 1.54) is 25.7 Å². The monoisotopic (exact) mass is 726 g/mol. The Hall–Kier alpha value is -1.26. The third kappa shape index (κ3) is 9.64. The van der Waals surface area contributed by atoms with Crippen LogP contribution in [0, 0.1) is 0 Å². The summed E-state index contributed by atoms with van der Waals surface area (Å²) in [5.74, 6) is -1.49. The van der Waals surface area contributed by atoms with Gasteiger partial charge in [0.2, 0.25) is 20.5 Å². The third-order valence-electron chi connectivity index (χ3n) is 12.3. The van der Waals surface area contributed by atoms with Crippen molar-refractivity contribution >= 4 is 14.7 Å². The molecule has 4 aliphatic rings. The minimum absolute atomic E-state index is 0.00358. The van der Waals surface area contributed by atoms with Crippen LogP contribution >= 0.6 is 14.7 Å². The van der Waals surface area contributed by atoms with Crippen LogP contribution in [-0.2, 0) is 40.9 Å². The highest BCUT2D eigenvalue weighted by Crippen LogP contribution is 2.68. The fourth-order valence-electron chi connectivity index (χ4n) is 9.32. The van der Waals surface area contributed by atoms with Crippen LogP contribution in [0.2, 0.25) is 0 Å². The Morgan fingerprint density at radius 1 is 0.560 bits per heavy atom. The topological polar surface area (TPSA) is 71.1 Å². The Labute approximate surface area is 303 Å². The normalized spacial score (nSPS) is 23.0. The Balaban J connectivity index is 1.40. The average molecular weight is 727 g/mol. The molecule has 2 atom stereocenters. The molecule has 0 aromatic heterocycles. The molecule has 0 saturated heterocycles. The van der Waals surface area contributed by atoms with Crippen molar-refractivity contribution in [3.05, 3.63) is 71.8 Å². The lowest BCUT2D eigenvalue weighted by Gasteiger charge is -2.47. The van der Waals surface area contributed by atoms with E-state index in [1.54, 1.807) is 0 Å². The van der Waals surface area contributed by atoms with E-state index in [0.29, 0.717) is 6.61 Å². The van der Waals surface area contributed by atoms with Crippen molar-refractivity contribution in [1.29, 1.82) is 0 Å². The molecule has 0 radical (unpaired) electrons. The highest BCUT2D eigenvalue weighted by molar-refractivity contribution is 7.61. The number of hydrogen-bond donors (Lipinski definition) is 0. The zero-order chi connectivity index (χ0) is 34.7. The Morgan fingerprint density at radius 3 is 1.36 bits per heavy atom. The van der Waals surface area contributed by atoms with Crippen molar-refractivity contribution < 1.29 is 27.7 Å². The molecular formula is C42H64O6P2. The van der Waals surface area contributed by atoms with Crippen LogP contribution in [-0.4, -0.2) is 41.1 Å². The van der Waals surface area contributed by atoms with E-state index in [9.17, 15) is 0 Å². The zero-order valence-corrected chi connectivity index (χ0v) is 32.6. The number of ether oxygens (including phenoxy) is 2. The second-order valence-corrected chi connectivity index (χ2v) is 21.8. The standard InChI is InChI=1S/C42H64O6P2/c1-35(47-49(43,38-24-12-4-13-25-38)39-26-14-5-15-27-39)42(46-33-37-22-10-3-11-23-37,34-45-32-36-20-8-2-9-21-36)48-50(44,40-28-16-6-17-29-40)41-30-18-7-19-31-41/h2-3,8-11,20-23,35,38-41H,4-7,12-19,24-34H2,1H3/t35-,42-/m1/s1. The summed E-state index contributed by atoms with van der Waals surface area (Å²) in [6.45, 7) is 2.67. The summed E-state index contributed by atoms with van der Waals surface area (Å²) in [6, 6.07) is 20.3. The molecule has 0 aliphatic heterocycles. The predicted molar refractivity (Wildman–Crippen MR) is 204 cm³/mol. The molecule has 0 heterocycles. The molecule has 4 aliphatic carbocycles. The van der Waals surface area contributed by atoms with Crippen LogP contribution in [0.1, 0.15) is 146 Å². The summed E-state index contributed by atoms with van der Waals surface area (Å²) in [4.78, 5) is 0. The molecule has 278 valence electrons. The van der Waals surface area contributed by atoms with Crippen LogP contribution in [0.5, 0.6) is 0 Å². The van der Waals surface area contributed by atoms with Crippen LogP contribution in [0.25, 0.3) is 0 Å². The van der Waals surface area contributed by atoms with Crippen LogP contribution in [0.15, 0.2) is 60.7 Å². The van der Waals surface area contributed by atoms with Gasteiger partial charge in [0.1, 0.15) is 12.7 Å². The molecule has 0 spiro atoms. The van der Waals surface area contributed by atoms with Crippen LogP contribution in [0.3, 0.4) is 0 Å². The van der Waals surface area contributed by atoms with E-state index in [-0.39, 0.29) is 35.8 Å². The molecule has 50 heavy (non-hydrogen) atoms. The fraction of sp³-hybridized carbons (Fsp3) is 0.714. The van der Waals surface area contributed by atoms with Crippen molar-refractivity contribution in [1.82, 2.24) is 0 Å². The summed E-state index contributed by atoms with van der Waals surface area (Å²) in [5, 5.41) is 0. The summed E-state index contributed by atoms with van der Waals surface area (Å²) >= 11 is 0. The minimum atomic E-state index is -3.28. The van der Waals surface area contributed by atoms with Crippen LogP contribution < -0.4 is 0 Å². The molecule has 0 bridgehead atoms. The first-order valence-corrected chi connectivity index (χ1v) is 23.8. The summed E-state index contributed by atoms with van der Waals surface area (Å²) in [6.07, 6.45) is 20.2. The lowest BCUT2D eigenvalue weighted by atomic mass is 10.00. The molecule has 6 rings (SSSR count). The van der Waals surface area contributed by atoms with E-state index in [4.69, 9.17) is 18.5 Å². The van der Waals surface area contributed by atoms with E-state index < -0.39 is 26.6 Å². The molecule has 2 aromatic carbocycles. The van der Waals surface area contributed by atoms with Crippen molar-refractivity contribution in [2.45, 2.75) is 183 Å². The quantitative estimate of drug-likeness (QED) is 0.127. The first kappa shape index (κ1) is 38.5. The van der Waals surface area contributed by atoms with E-state index in [2.05, 4.69) is 24.3 Å². The summed E-state index contributed by atoms with van der Waals surface area (Å²) in [5.41, 5.74) is 2.18. The maximum Gasteiger partial charge on any atom is 0.225 e. The van der Waals surface area contributed by atoms with Crippen molar-refractivity contribution in [3.8, 4) is 0 Å². The largest absolute Gasteiger partial charge is 0.371 e. The first-order valence-electron chi connectivity index (χ1n) is 20.3. The zero-order valence-electron chi connectivity index (χ0n) is 30.8. The van der Waals surface area contributed by atoms with Crippen molar-refractivity contribution in [3.63, 3.8) is 0 Å². The lowest BCUT2D eigenvalue weighted by Crippen LogP contribution is -2.52. The average Bonchev–Trinajstić information content (AvgIpc) is 3.19. The molecule has 4 fully saturated rings. The molecule has 8 heteroatoms. The van der Waals surface area contributed by atoms with Gasteiger partial charge in [-0.3, -0.25) is 13.7 Å². The third-order valence-corrected chi connectivity index (χ3v) is 19.7. The van der Waals surface area contributed by atoms with Gasteiger partial charge in [-0.05, 0) is 69.4 Å². The highest BCUT2D eigenvalue weighted by atomic mass is 31.2. The van der Waals surface area contributed by atoms with Crippen LogP contribution in [0.4, 0.5) is 0 Å². The first-order chi connectivity index (χ1) is 24.4. The molecule has 0 amide bonds. The molecule has 0 N–H and O–H groups in total. The SMILES string of the molecule is C[C@@H](OP(=O)(C1CCCCC1)C1CCCCC1)[C@](COCc1ccccc1)(OCc1ccccc1)OP(=O)(C1CCCCC1)C1CCCCC1. The Bertz CT molecular complexity index is 1320. The van der Waals surface area contributed by atoms with Gasteiger partial charge in [0.15, 0.2) is 0 Å². The van der Waals surface area contributed by atoms with Crippen molar-refractivity contribution in [2.24, 2.45) is 0 Å². The highest BCUT2D eigenvalue weighted by Gasteiger charge is 2.55. The Morgan fingerprint density at radius 2 is 0.940 bits per heavy atom. The van der Waals surface area contributed by atoms with Gasteiger partial charge in [0.05, 0.1) is 13.2 Å². The van der Waals surface area contributed by atoms with E-state index in [1.807, 2.05) is 43.3 Å². The smallest absolute Gasteiger partial charge is 0.225 e. The lowest BCUT2D eigenvalue weighted by molar-refractivity contribution is -0.261. The fourth-order valence-corrected chi connectivity index (χ4v) is 16.9. The van der Waals surface area contributed by atoms with E-state index in [0.717, 1.165) is 114 Å². The van der Waals surface area contributed by atoms with Gasteiger partial charge in [0, 0.05) is 22.6 Å². The van der Waals surface area contributed by atoms with Gasteiger partial charge >= 0.3 is 0 Å². The molecule has 2 aromatic rings. The molecule has 0 unspecified atom stereocenters. The number of benzene rings is 2. The van der Waals surface area contributed by atoms with Crippen molar-refractivity contribution in [2.75, 3.05) is 6.61 Å². The number of hydrogen-bond acceptors (Lipinski definition) is 6. The maximum absolute atomic E-state index is 16.0. The number of rotatable bonds is 16. The van der Waals surface area contributed by atoms with Gasteiger partial charge in [-0.25, -0.2) is 0 Å². The van der Waals surface area contributed by atoms with Gasteiger partial charge < -0.3 is 14.0 Å². The maximum atomic E-state index is 16.0. The van der Waals surface area contributed by atoms with Gasteiger partial charge in [-0.1, -0.05) is 138 Å². The summed E-state index contributed by atoms with van der Waals surface area (Å²) < 4.78 is 59.9. The Kier molecular flexibility index (Phi) is 14.4. The second kappa shape index (κ2) is 18.7. The van der Waals surface area contributed by atoms with Gasteiger partial charge in [-0.15, -0.1) is 0 Å². The molecular weight excluding hydrogens is 662 g/mol. The van der Waals surface area contributed by atoms with Gasteiger partial charge in [0.25, 0.3) is 0 Å². The second-order valence-electron chi connectivity index (χ2n) is 15.9. The minimum Gasteiger partial charge on any atom is -0.371 e. The molecule has 6 nitrogen and oxygen atoms in total. The van der Waals surface area contributed by atoms with Gasteiger partial charge in [-0.2, -0.15) is 0 Å². The predicted octanol–water partition coefficient (Wildman–Crippen LogP) is 12.4. The van der Waals surface area contributed by atoms with E-state index >= 15 is 9.13 Å².